The highest BCUT2D eigenvalue weighted by molar-refractivity contribution is 5.95. The summed E-state index contributed by atoms with van der Waals surface area (Å²) in [6.07, 6.45) is 3.34. The number of nitro benzene ring substituents is 1. The number of amides is 1. The number of ether oxygens (including phenoxy) is 1. The van der Waals surface area contributed by atoms with Gasteiger partial charge in [-0.3, -0.25) is 24.7 Å². The van der Waals surface area contributed by atoms with Gasteiger partial charge in [-0.2, -0.15) is 0 Å². The Bertz CT molecular complexity index is 823. The molecule has 0 aliphatic rings. The first-order chi connectivity index (χ1) is 12.9. The third kappa shape index (κ3) is 5.60. The highest BCUT2D eigenvalue weighted by atomic mass is 16.6. The summed E-state index contributed by atoms with van der Waals surface area (Å²) in [4.78, 5) is 40.6. The maximum atomic E-state index is 12.9. The summed E-state index contributed by atoms with van der Waals surface area (Å²) in [6, 6.07) is 7.82. The number of pyridine rings is 1. The molecule has 0 aliphatic heterocycles. The molecule has 2 aromatic rings. The van der Waals surface area contributed by atoms with Crippen molar-refractivity contribution in [3.8, 4) is 0 Å². The number of rotatable bonds is 8. The first kappa shape index (κ1) is 20.0. The summed E-state index contributed by atoms with van der Waals surface area (Å²) in [5.74, 6) is -0.706. The van der Waals surface area contributed by atoms with Gasteiger partial charge in [-0.05, 0) is 37.6 Å². The van der Waals surface area contributed by atoms with E-state index in [2.05, 4.69) is 4.98 Å². The molecule has 0 spiro atoms. The number of carbonyl (C=O) groups excluding carboxylic acids is 2. The Labute approximate surface area is 156 Å². The van der Waals surface area contributed by atoms with E-state index in [1.807, 2.05) is 6.07 Å². The van der Waals surface area contributed by atoms with E-state index in [9.17, 15) is 19.7 Å². The maximum absolute atomic E-state index is 12.9. The van der Waals surface area contributed by atoms with Crippen molar-refractivity contribution in [1.29, 1.82) is 0 Å². The molecule has 0 N–H and O–H groups in total. The van der Waals surface area contributed by atoms with E-state index in [1.54, 1.807) is 32.3 Å². The molecule has 2 rings (SSSR count). The van der Waals surface area contributed by atoms with Crippen molar-refractivity contribution in [3.05, 3.63) is 69.5 Å². The molecular formula is C19H21N3O5. The molecule has 142 valence electrons. The number of aryl methyl sites for hydroxylation is 1. The predicted molar refractivity (Wildman–Crippen MR) is 98.1 cm³/mol. The second-order valence-corrected chi connectivity index (χ2v) is 5.90. The van der Waals surface area contributed by atoms with Gasteiger partial charge in [0.15, 0.2) is 0 Å². The molecule has 1 aromatic heterocycles. The Kier molecular flexibility index (Phi) is 6.99. The molecular weight excluding hydrogens is 350 g/mol. The minimum atomic E-state index is -0.488. The lowest BCUT2D eigenvalue weighted by Gasteiger charge is -2.22. The normalized spacial score (nSPS) is 10.3. The summed E-state index contributed by atoms with van der Waals surface area (Å²) in [5.41, 5.74) is 1.49. The summed E-state index contributed by atoms with van der Waals surface area (Å²) in [5, 5.41) is 11.0. The zero-order valence-corrected chi connectivity index (χ0v) is 15.3. The molecule has 0 saturated heterocycles. The third-order valence-corrected chi connectivity index (χ3v) is 3.92. The molecule has 0 unspecified atom stereocenters. The monoisotopic (exact) mass is 371 g/mol. The van der Waals surface area contributed by atoms with Crippen LogP contribution in [0.15, 0.2) is 42.7 Å². The third-order valence-electron chi connectivity index (χ3n) is 3.92. The lowest BCUT2D eigenvalue weighted by molar-refractivity contribution is -0.385. The molecule has 0 fully saturated rings. The highest BCUT2D eigenvalue weighted by Gasteiger charge is 2.20. The standard InChI is InChI=1S/C19H21N3O5/c1-3-27-18(23)8-10-21(13-15-5-4-9-20-12-15)19(24)16-6-7-17(22(25)26)14(2)11-16/h4-7,9,11-12H,3,8,10,13H2,1-2H3. The SMILES string of the molecule is CCOC(=O)CCN(Cc1cccnc1)C(=O)c1ccc([N+](=O)[O-])c(C)c1. The maximum Gasteiger partial charge on any atom is 0.307 e. The average Bonchev–Trinajstić information content (AvgIpc) is 2.65. The molecule has 0 aliphatic carbocycles. The second kappa shape index (κ2) is 9.42. The van der Waals surface area contributed by atoms with Crippen molar-refractivity contribution < 1.29 is 19.2 Å². The van der Waals surface area contributed by atoms with Gasteiger partial charge in [0.05, 0.1) is 18.0 Å². The van der Waals surface area contributed by atoms with Crippen molar-refractivity contribution in [2.24, 2.45) is 0 Å². The Morgan fingerprint density at radius 2 is 2.07 bits per heavy atom. The number of esters is 1. The minimum absolute atomic E-state index is 0.0446. The topological polar surface area (TPSA) is 103 Å². The predicted octanol–water partition coefficient (Wildman–Crippen LogP) is 2.89. The summed E-state index contributed by atoms with van der Waals surface area (Å²) >= 11 is 0. The van der Waals surface area contributed by atoms with Gasteiger partial charge < -0.3 is 9.64 Å². The Hall–Kier alpha value is -3.29. The van der Waals surface area contributed by atoms with Crippen molar-refractivity contribution >= 4 is 17.6 Å². The number of hydrogen-bond acceptors (Lipinski definition) is 6. The zero-order chi connectivity index (χ0) is 19.8. The van der Waals surface area contributed by atoms with Crippen LogP contribution in [0, 0.1) is 17.0 Å². The number of nitrogens with zero attached hydrogens (tertiary/aromatic N) is 3. The van der Waals surface area contributed by atoms with Crippen LogP contribution in [0.5, 0.6) is 0 Å². The summed E-state index contributed by atoms with van der Waals surface area (Å²) in [7, 11) is 0. The summed E-state index contributed by atoms with van der Waals surface area (Å²) in [6.45, 7) is 4.01. The number of benzene rings is 1. The number of carbonyl (C=O) groups is 2. The van der Waals surface area contributed by atoms with Crippen LogP contribution < -0.4 is 0 Å². The molecule has 1 heterocycles. The van der Waals surface area contributed by atoms with E-state index in [0.29, 0.717) is 11.1 Å². The van der Waals surface area contributed by atoms with E-state index in [1.165, 1.54) is 23.1 Å². The van der Waals surface area contributed by atoms with Gasteiger partial charge in [-0.25, -0.2) is 0 Å². The van der Waals surface area contributed by atoms with Crippen LogP contribution in [0.2, 0.25) is 0 Å². The van der Waals surface area contributed by atoms with E-state index < -0.39 is 4.92 Å². The van der Waals surface area contributed by atoms with Gasteiger partial charge in [-0.15, -0.1) is 0 Å². The van der Waals surface area contributed by atoms with Crippen molar-refractivity contribution in [1.82, 2.24) is 9.88 Å². The fourth-order valence-electron chi connectivity index (χ4n) is 2.60. The Morgan fingerprint density at radius 3 is 2.67 bits per heavy atom. The molecule has 0 saturated carbocycles. The van der Waals surface area contributed by atoms with Gasteiger partial charge in [0.25, 0.3) is 11.6 Å². The van der Waals surface area contributed by atoms with E-state index in [0.717, 1.165) is 5.56 Å². The molecule has 1 amide bonds. The van der Waals surface area contributed by atoms with Crippen LogP contribution in [-0.2, 0) is 16.1 Å². The van der Waals surface area contributed by atoms with Crippen LogP contribution in [-0.4, -0.2) is 39.8 Å². The molecule has 27 heavy (non-hydrogen) atoms. The van der Waals surface area contributed by atoms with Gasteiger partial charge in [-0.1, -0.05) is 6.07 Å². The minimum Gasteiger partial charge on any atom is -0.466 e. The quantitative estimate of drug-likeness (QED) is 0.402. The molecule has 8 nitrogen and oxygen atoms in total. The van der Waals surface area contributed by atoms with Crippen molar-refractivity contribution in [3.63, 3.8) is 0 Å². The van der Waals surface area contributed by atoms with E-state index >= 15 is 0 Å². The van der Waals surface area contributed by atoms with E-state index in [4.69, 9.17) is 4.74 Å². The largest absolute Gasteiger partial charge is 0.466 e. The van der Waals surface area contributed by atoms with Crippen LogP contribution in [0.4, 0.5) is 5.69 Å². The Morgan fingerprint density at radius 1 is 1.30 bits per heavy atom. The molecule has 1 aromatic carbocycles. The lowest BCUT2D eigenvalue weighted by Crippen LogP contribution is -2.33. The molecule has 0 bridgehead atoms. The number of hydrogen-bond donors (Lipinski definition) is 0. The van der Waals surface area contributed by atoms with Crippen molar-refractivity contribution in [2.45, 2.75) is 26.8 Å². The average molecular weight is 371 g/mol. The number of nitro groups is 1. The molecule has 8 heteroatoms. The van der Waals surface area contributed by atoms with Gasteiger partial charge in [0.2, 0.25) is 0 Å². The molecule has 0 radical (unpaired) electrons. The van der Waals surface area contributed by atoms with E-state index in [-0.39, 0.29) is 43.7 Å². The Balaban J connectivity index is 2.22. The van der Waals surface area contributed by atoms with Crippen LogP contribution >= 0.6 is 0 Å². The first-order valence-electron chi connectivity index (χ1n) is 8.51. The fourth-order valence-corrected chi connectivity index (χ4v) is 2.60. The van der Waals surface area contributed by atoms with Crippen molar-refractivity contribution in [2.75, 3.05) is 13.2 Å². The number of aromatic nitrogens is 1. The van der Waals surface area contributed by atoms with Crippen LogP contribution in [0.25, 0.3) is 0 Å². The van der Waals surface area contributed by atoms with Gasteiger partial charge in [0, 0.05) is 42.7 Å². The van der Waals surface area contributed by atoms with Gasteiger partial charge >= 0.3 is 5.97 Å². The van der Waals surface area contributed by atoms with Gasteiger partial charge in [0.1, 0.15) is 0 Å². The van der Waals surface area contributed by atoms with Crippen LogP contribution in [0.1, 0.15) is 34.8 Å². The zero-order valence-electron chi connectivity index (χ0n) is 15.3. The fraction of sp³-hybridized carbons (Fsp3) is 0.316. The second-order valence-electron chi connectivity index (χ2n) is 5.90. The summed E-state index contributed by atoms with van der Waals surface area (Å²) < 4.78 is 4.92. The smallest absolute Gasteiger partial charge is 0.307 e. The first-order valence-corrected chi connectivity index (χ1v) is 8.51. The highest BCUT2D eigenvalue weighted by Crippen LogP contribution is 2.20. The molecule has 0 atom stereocenters. The lowest BCUT2D eigenvalue weighted by atomic mass is 10.1. The van der Waals surface area contributed by atoms with Crippen LogP contribution in [0.3, 0.4) is 0 Å².